The third kappa shape index (κ3) is 3.24. The highest BCUT2D eigenvalue weighted by molar-refractivity contribution is 6.31. The molecule has 0 aliphatic heterocycles. The summed E-state index contributed by atoms with van der Waals surface area (Å²) in [5.74, 6) is -0.901. The summed E-state index contributed by atoms with van der Waals surface area (Å²) in [6.45, 7) is 1.97. The van der Waals surface area contributed by atoms with E-state index in [4.69, 9.17) is 11.6 Å². The zero-order valence-corrected chi connectivity index (χ0v) is 13.0. The lowest BCUT2D eigenvalue weighted by molar-refractivity contribution is 0.511. The minimum Gasteiger partial charge on any atom is -0.313 e. The topological polar surface area (TPSA) is 29.9 Å². The molecule has 0 radical (unpaired) electrons. The number of benzene rings is 1. The summed E-state index contributed by atoms with van der Waals surface area (Å²) in [6.07, 6.45) is 1.16. The Bertz CT molecular complexity index is 640. The number of likely N-dealkylation sites (N-methyl/N-ethyl adjacent to an activating group) is 1. The Morgan fingerprint density at radius 1 is 1.38 bits per heavy atom. The zero-order chi connectivity index (χ0) is 15.6. The minimum atomic E-state index is -0.461. The van der Waals surface area contributed by atoms with Gasteiger partial charge in [0.1, 0.15) is 11.6 Å². The van der Waals surface area contributed by atoms with Crippen LogP contribution in [0.2, 0.25) is 5.02 Å². The average molecular weight is 314 g/mol. The van der Waals surface area contributed by atoms with E-state index in [9.17, 15) is 8.78 Å². The molecule has 0 fully saturated rings. The van der Waals surface area contributed by atoms with Crippen molar-refractivity contribution in [2.24, 2.45) is 7.05 Å². The lowest BCUT2D eigenvalue weighted by Gasteiger charge is -2.18. The summed E-state index contributed by atoms with van der Waals surface area (Å²) in [5.41, 5.74) is 1.90. The van der Waals surface area contributed by atoms with Crippen molar-refractivity contribution < 1.29 is 8.78 Å². The number of nitrogens with zero attached hydrogens (tertiary/aromatic N) is 2. The van der Waals surface area contributed by atoms with Crippen LogP contribution in [0.25, 0.3) is 0 Å². The summed E-state index contributed by atoms with van der Waals surface area (Å²) in [7, 11) is 3.51. The molecule has 0 aliphatic carbocycles. The second kappa shape index (κ2) is 6.54. The van der Waals surface area contributed by atoms with E-state index in [0.29, 0.717) is 11.4 Å². The van der Waals surface area contributed by atoms with Crippen LogP contribution in [0.1, 0.15) is 29.9 Å². The third-order valence-electron chi connectivity index (χ3n) is 3.58. The van der Waals surface area contributed by atoms with Crippen molar-refractivity contribution in [1.82, 2.24) is 15.1 Å². The van der Waals surface area contributed by atoms with Crippen molar-refractivity contribution in [3.8, 4) is 0 Å². The van der Waals surface area contributed by atoms with Crippen LogP contribution in [0.3, 0.4) is 0 Å². The number of aromatic nitrogens is 2. The van der Waals surface area contributed by atoms with Crippen LogP contribution in [0.15, 0.2) is 18.2 Å². The Hall–Kier alpha value is -1.46. The molecule has 1 N–H and O–H groups in total. The van der Waals surface area contributed by atoms with E-state index in [2.05, 4.69) is 10.4 Å². The van der Waals surface area contributed by atoms with Gasteiger partial charge in [0.25, 0.3) is 0 Å². The van der Waals surface area contributed by atoms with E-state index >= 15 is 0 Å². The van der Waals surface area contributed by atoms with Gasteiger partial charge in [-0.15, -0.1) is 0 Å². The molecule has 1 aromatic carbocycles. The number of nitrogens with one attached hydrogen (secondary N) is 1. The molecule has 0 saturated heterocycles. The Morgan fingerprint density at radius 2 is 2.10 bits per heavy atom. The van der Waals surface area contributed by atoms with E-state index in [1.54, 1.807) is 18.8 Å². The molecule has 0 aliphatic rings. The lowest BCUT2D eigenvalue weighted by atomic mass is 10.0. The first-order valence-corrected chi connectivity index (χ1v) is 7.18. The fourth-order valence-electron chi connectivity index (χ4n) is 2.38. The monoisotopic (exact) mass is 313 g/mol. The molecule has 2 aromatic rings. The quantitative estimate of drug-likeness (QED) is 0.916. The van der Waals surface area contributed by atoms with E-state index in [1.807, 2.05) is 6.92 Å². The van der Waals surface area contributed by atoms with Gasteiger partial charge >= 0.3 is 0 Å². The highest BCUT2D eigenvalue weighted by atomic mass is 35.5. The zero-order valence-electron chi connectivity index (χ0n) is 12.3. The van der Waals surface area contributed by atoms with Gasteiger partial charge in [-0.1, -0.05) is 18.5 Å². The predicted octanol–water partition coefficient (Wildman–Crippen LogP) is 3.42. The van der Waals surface area contributed by atoms with Crippen LogP contribution in [-0.4, -0.2) is 16.8 Å². The minimum absolute atomic E-state index is 0.285. The van der Waals surface area contributed by atoms with Crippen molar-refractivity contribution in [3.63, 3.8) is 0 Å². The molecule has 0 spiro atoms. The first-order valence-electron chi connectivity index (χ1n) is 6.80. The molecule has 2 rings (SSSR count). The van der Waals surface area contributed by atoms with Gasteiger partial charge in [-0.25, -0.2) is 8.78 Å². The van der Waals surface area contributed by atoms with Gasteiger partial charge in [0.15, 0.2) is 0 Å². The maximum Gasteiger partial charge on any atom is 0.128 e. The van der Waals surface area contributed by atoms with Gasteiger partial charge in [-0.3, -0.25) is 4.68 Å². The molecule has 6 heteroatoms. The number of halogens is 3. The molecule has 114 valence electrons. The fraction of sp³-hybridized carbons (Fsp3) is 0.400. The van der Waals surface area contributed by atoms with Gasteiger partial charge in [0.05, 0.1) is 16.4 Å². The van der Waals surface area contributed by atoms with Gasteiger partial charge in [-0.05, 0) is 31.7 Å². The Balaban J connectivity index is 2.36. The van der Waals surface area contributed by atoms with Crippen LogP contribution < -0.4 is 5.32 Å². The Labute approximate surface area is 127 Å². The largest absolute Gasteiger partial charge is 0.313 e. The van der Waals surface area contributed by atoms with Crippen LogP contribution in [0.4, 0.5) is 8.78 Å². The van der Waals surface area contributed by atoms with Crippen LogP contribution in [0.5, 0.6) is 0 Å². The maximum atomic E-state index is 13.9. The summed E-state index contributed by atoms with van der Waals surface area (Å²) < 4.78 is 29.0. The highest BCUT2D eigenvalue weighted by Gasteiger charge is 2.21. The maximum absolute atomic E-state index is 13.9. The fourth-order valence-corrected chi connectivity index (χ4v) is 2.75. The summed E-state index contributed by atoms with van der Waals surface area (Å²) in [4.78, 5) is 0. The van der Waals surface area contributed by atoms with Crippen molar-refractivity contribution in [3.05, 3.63) is 51.8 Å². The van der Waals surface area contributed by atoms with Crippen LogP contribution in [-0.2, 0) is 19.9 Å². The summed E-state index contributed by atoms with van der Waals surface area (Å²) in [5, 5.41) is 7.94. The molecule has 0 bridgehead atoms. The SMILES string of the molecule is CCc1nn(C)c(CC(NC)c2cc(F)ccc2F)c1Cl. The van der Waals surface area contributed by atoms with Gasteiger partial charge in [-0.2, -0.15) is 5.10 Å². The Morgan fingerprint density at radius 3 is 2.67 bits per heavy atom. The van der Waals surface area contributed by atoms with E-state index in [0.717, 1.165) is 29.9 Å². The normalized spacial score (nSPS) is 12.7. The molecule has 1 unspecified atom stereocenters. The van der Waals surface area contributed by atoms with Gasteiger partial charge in [0, 0.05) is 25.1 Å². The van der Waals surface area contributed by atoms with Crippen molar-refractivity contribution in [2.45, 2.75) is 25.8 Å². The molecule has 1 heterocycles. The smallest absolute Gasteiger partial charge is 0.128 e. The first kappa shape index (κ1) is 15.9. The lowest BCUT2D eigenvalue weighted by Crippen LogP contribution is -2.21. The second-order valence-electron chi connectivity index (χ2n) is 4.90. The molecule has 0 saturated carbocycles. The number of hydrogen-bond acceptors (Lipinski definition) is 2. The van der Waals surface area contributed by atoms with Crippen molar-refractivity contribution >= 4 is 11.6 Å². The molecule has 3 nitrogen and oxygen atoms in total. The molecular formula is C15H18ClF2N3. The highest BCUT2D eigenvalue weighted by Crippen LogP contribution is 2.27. The first-order chi connectivity index (χ1) is 9.97. The second-order valence-corrected chi connectivity index (χ2v) is 5.27. The Kier molecular flexibility index (Phi) is 4.96. The molecular weight excluding hydrogens is 296 g/mol. The van der Waals surface area contributed by atoms with Gasteiger partial charge < -0.3 is 5.32 Å². The molecule has 21 heavy (non-hydrogen) atoms. The number of hydrogen-bond donors (Lipinski definition) is 1. The average Bonchev–Trinajstić information content (AvgIpc) is 2.74. The van der Waals surface area contributed by atoms with Gasteiger partial charge in [0.2, 0.25) is 0 Å². The van der Waals surface area contributed by atoms with E-state index in [-0.39, 0.29) is 11.6 Å². The number of rotatable bonds is 5. The molecule has 0 amide bonds. The number of aryl methyl sites for hydroxylation is 2. The molecule has 1 aromatic heterocycles. The van der Waals surface area contributed by atoms with Crippen LogP contribution >= 0.6 is 11.6 Å². The van der Waals surface area contributed by atoms with E-state index < -0.39 is 11.6 Å². The summed E-state index contributed by atoms with van der Waals surface area (Å²) in [6, 6.07) is 3.08. The standard InChI is InChI=1S/C15H18ClF2N3/c1-4-12-15(16)14(21(3)20-12)8-13(19-2)10-7-9(17)5-6-11(10)18/h5-7,13,19H,4,8H2,1-3H3. The third-order valence-corrected chi connectivity index (χ3v) is 4.02. The van der Waals surface area contributed by atoms with Crippen molar-refractivity contribution in [2.75, 3.05) is 7.05 Å². The van der Waals surface area contributed by atoms with Crippen molar-refractivity contribution in [1.29, 1.82) is 0 Å². The predicted molar refractivity (Wildman–Crippen MR) is 79.5 cm³/mol. The van der Waals surface area contributed by atoms with Crippen LogP contribution in [0, 0.1) is 11.6 Å². The van der Waals surface area contributed by atoms with E-state index in [1.165, 1.54) is 6.07 Å². The molecule has 1 atom stereocenters. The summed E-state index contributed by atoms with van der Waals surface area (Å²) >= 11 is 6.31.